The first kappa shape index (κ1) is 23.1. The molecule has 0 amide bonds. The molecule has 3 aromatic rings. The van der Waals surface area contributed by atoms with Crippen LogP contribution in [0.25, 0.3) is 0 Å². The van der Waals surface area contributed by atoms with Crippen molar-refractivity contribution in [3.63, 3.8) is 0 Å². The molecule has 2 fully saturated rings. The molecule has 0 radical (unpaired) electrons. The maximum Gasteiger partial charge on any atom is 0.326 e. The van der Waals surface area contributed by atoms with Crippen LogP contribution in [0.3, 0.4) is 0 Å². The van der Waals surface area contributed by atoms with E-state index in [1.807, 2.05) is 12.1 Å². The number of hydrogen-bond acceptors (Lipinski definition) is 5. The topological polar surface area (TPSA) is 68.2 Å². The zero-order valence-corrected chi connectivity index (χ0v) is 18.3. The summed E-state index contributed by atoms with van der Waals surface area (Å²) < 4.78 is 48.4. The Kier molecular flexibility index (Phi) is 6.22. The zero-order chi connectivity index (χ0) is 23.8. The Labute approximate surface area is 196 Å². The maximum absolute atomic E-state index is 15.8. The molecule has 2 aliphatic rings. The molecule has 3 unspecified atom stereocenters. The Bertz CT molecular complexity index is 1080. The summed E-state index contributed by atoms with van der Waals surface area (Å²) in [4.78, 5) is 0. The summed E-state index contributed by atoms with van der Waals surface area (Å²) in [5, 5.41) is 22.5. The number of fused-ring (bicyclic) bond motifs is 1. The SMILES string of the molecule is OC1C(c2ccccc2)[C@@]2(O)[C@@H]1OC(OCc1ccccc1)C(F)(F)[C@H]2OCc1ccccc1. The minimum absolute atomic E-state index is 0.115. The molecule has 34 heavy (non-hydrogen) atoms. The molecule has 1 aliphatic carbocycles. The van der Waals surface area contributed by atoms with E-state index in [1.54, 1.807) is 78.9 Å². The van der Waals surface area contributed by atoms with Gasteiger partial charge in [0.05, 0.1) is 19.3 Å². The van der Waals surface area contributed by atoms with Crippen molar-refractivity contribution in [3.8, 4) is 0 Å². The van der Waals surface area contributed by atoms with Crippen molar-refractivity contribution in [2.75, 3.05) is 0 Å². The van der Waals surface area contributed by atoms with Crippen LogP contribution in [-0.2, 0) is 27.4 Å². The van der Waals surface area contributed by atoms with Crippen LogP contribution in [0.4, 0.5) is 8.78 Å². The van der Waals surface area contributed by atoms with Crippen LogP contribution in [0, 0.1) is 0 Å². The third kappa shape index (κ3) is 3.93. The van der Waals surface area contributed by atoms with E-state index in [0.717, 1.165) is 0 Å². The highest BCUT2D eigenvalue weighted by molar-refractivity contribution is 5.36. The standard InChI is InChI=1S/C27H26F2O5/c28-27(29)24(32-16-18-10-4-1-5-11-18)26(31)21(20-14-8-3-9-15-20)22(30)23(26)34-25(27)33-17-19-12-6-2-7-13-19/h1-15,21-25,30-31H,16-17H2/t21?,22?,23-,24+,25?,26-/m1/s1. The Morgan fingerprint density at radius 2 is 1.26 bits per heavy atom. The van der Waals surface area contributed by atoms with Gasteiger partial charge in [0.15, 0.2) is 6.10 Å². The highest BCUT2D eigenvalue weighted by Gasteiger charge is 2.77. The van der Waals surface area contributed by atoms with Crippen molar-refractivity contribution in [1.82, 2.24) is 0 Å². The van der Waals surface area contributed by atoms with E-state index in [2.05, 4.69) is 0 Å². The van der Waals surface area contributed by atoms with Crippen LogP contribution in [0.2, 0.25) is 0 Å². The average molecular weight is 468 g/mol. The van der Waals surface area contributed by atoms with E-state index in [1.165, 1.54) is 0 Å². The van der Waals surface area contributed by atoms with Gasteiger partial charge in [0.2, 0.25) is 6.29 Å². The molecule has 6 atom stereocenters. The van der Waals surface area contributed by atoms with Crippen molar-refractivity contribution in [2.45, 2.75) is 55.3 Å². The number of alkyl halides is 2. The fraction of sp³-hybridized carbons (Fsp3) is 0.333. The van der Waals surface area contributed by atoms with Gasteiger partial charge in [-0.2, -0.15) is 8.78 Å². The normalized spacial score (nSPS) is 31.9. The second kappa shape index (κ2) is 9.17. The van der Waals surface area contributed by atoms with E-state index < -0.39 is 42.0 Å². The molecule has 1 aliphatic heterocycles. The van der Waals surface area contributed by atoms with E-state index in [9.17, 15) is 10.2 Å². The third-order valence-corrected chi connectivity index (χ3v) is 6.62. The van der Waals surface area contributed by atoms with Gasteiger partial charge < -0.3 is 24.4 Å². The lowest BCUT2D eigenvalue weighted by molar-refractivity contribution is -0.433. The Morgan fingerprint density at radius 1 is 0.765 bits per heavy atom. The molecular formula is C27H26F2O5. The van der Waals surface area contributed by atoms with Gasteiger partial charge in [0, 0.05) is 5.92 Å². The predicted octanol–water partition coefficient (Wildman–Crippen LogP) is 4.04. The maximum atomic E-state index is 15.8. The van der Waals surface area contributed by atoms with Crippen molar-refractivity contribution in [3.05, 3.63) is 108 Å². The first-order valence-corrected chi connectivity index (χ1v) is 11.2. The van der Waals surface area contributed by atoms with Gasteiger partial charge in [0.25, 0.3) is 0 Å². The second-order valence-corrected chi connectivity index (χ2v) is 8.80. The van der Waals surface area contributed by atoms with Gasteiger partial charge in [0.1, 0.15) is 11.7 Å². The lowest BCUT2D eigenvalue weighted by atomic mass is 9.56. The van der Waals surface area contributed by atoms with Crippen LogP contribution in [-0.4, -0.2) is 46.3 Å². The number of halogens is 2. The Hall–Kier alpha value is -2.68. The molecule has 7 heteroatoms. The number of hydrogen-bond donors (Lipinski definition) is 2. The first-order chi connectivity index (χ1) is 16.4. The van der Waals surface area contributed by atoms with Gasteiger partial charge in [-0.25, -0.2) is 0 Å². The minimum atomic E-state index is -3.69. The monoisotopic (exact) mass is 468 g/mol. The molecule has 0 spiro atoms. The summed E-state index contributed by atoms with van der Waals surface area (Å²) in [5.41, 5.74) is -0.236. The average Bonchev–Trinajstić information content (AvgIpc) is 2.85. The van der Waals surface area contributed by atoms with Crippen molar-refractivity contribution < 1.29 is 33.2 Å². The van der Waals surface area contributed by atoms with Crippen molar-refractivity contribution in [2.24, 2.45) is 0 Å². The quantitative estimate of drug-likeness (QED) is 0.548. The molecule has 1 saturated heterocycles. The highest BCUT2D eigenvalue weighted by Crippen LogP contribution is 2.58. The molecule has 5 nitrogen and oxygen atoms in total. The van der Waals surface area contributed by atoms with Crippen molar-refractivity contribution >= 4 is 0 Å². The molecular weight excluding hydrogens is 442 g/mol. The van der Waals surface area contributed by atoms with E-state index in [-0.39, 0.29) is 13.2 Å². The lowest BCUT2D eigenvalue weighted by Gasteiger charge is -2.63. The smallest absolute Gasteiger partial charge is 0.326 e. The molecule has 1 saturated carbocycles. The summed E-state index contributed by atoms with van der Waals surface area (Å²) in [6, 6.07) is 26.4. The van der Waals surface area contributed by atoms with Gasteiger partial charge in [-0.3, -0.25) is 0 Å². The highest BCUT2D eigenvalue weighted by atomic mass is 19.3. The summed E-state index contributed by atoms with van der Waals surface area (Å²) in [6.07, 6.45) is -6.45. The van der Waals surface area contributed by atoms with Gasteiger partial charge in [-0.1, -0.05) is 91.0 Å². The number of aliphatic hydroxyl groups excluding tert-OH is 1. The van der Waals surface area contributed by atoms with E-state index in [0.29, 0.717) is 16.7 Å². The third-order valence-electron chi connectivity index (χ3n) is 6.62. The largest absolute Gasteiger partial charge is 0.390 e. The van der Waals surface area contributed by atoms with Crippen LogP contribution in [0.1, 0.15) is 22.6 Å². The number of rotatable bonds is 7. The molecule has 0 aromatic heterocycles. The lowest BCUT2D eigenvalue weighted by Crippen LogP contribution is -2.82. The summed E-state index contributed by atoms with van der Waals surface area (Å²) >= 11 is 0. The molecule has 5 rings (SSSR count). The van der Waals surface area contributed by atoms with Gasteiger partial charge in [-0.05, 0) is 16.7 Å². The van der Waals surface area contributed by atoms with E-state index in [4.69, 9.17) is 14.2 Å². The number of aliphatic hydroxyl groups is 2. The second-order valence-electron chi connectivity index (χ2n) is 8.80. The number of ether oxygens (including phenoxy) is 3. The molecule has 3 aromatic carbocycles. The van der Waals surface area contributed by atoms with Crippen molar-refractivity contribution in [1.29, 1.82) is 0 Å². The van der Waals surface area contributed by atoms with Gasteiger partial charge in [-0.15, -0.1) is 0 Å². The fourth-order valence-corrected chi connectivity index (χ4v) is 4.96. The summed E-state index contributed by atoms with van der Waals surface area (Å²) in [6.45, 7) is -0.255. The van der Waals surface area contributed by atoms with Crippen LogP contribution in [0.5, 0.6) is 0 Å². The first-order valence-electron chi connectivity index (χ1n) is 11.2. The molecule has 1 heterocycles. The zero-order valence-electron chi connectivity index (χ0n) is 18.3. The van der Waals surface area contributed by atoms with Crippen LogP contribution >= 0.6 is 0 Å². The molecule has 0 bridgehead atoms. The van der Waals surface area contributed by atoms with Gasteiger partial charge >= 0.3 is 5.92 Å². The fourth-order valence-electron chi connectivity index (χ4n) is 4.96. The Morgan fingerprint density at radius 3 is 1.82 bits per heavy atom. The van der Waals surface area contributed by atoms with E-state index >= 15 is 8.78 Å². The van der Waals surface area contributed by atoms with Crippen LogP contribution in [0.15, 0.2) is 91.0 Å². The number of benzene rings is 3. The molecule has 2 N–H and O–H groups in total. The summed E-state index contributed by atoms with van der Waals surface area (Å²) in [5.74, 6) is -4.69. The Balaban J connectivity index is 1.45. The minimum Gasteiger partial charge on any atom is -0.390 e. The van der Waals surface area contributed by atoms with Crippen LogP contribution < -0.4 is 0 Å². The summed E-state index contributed by atoms with van der Waals surface area (Å²) in [7, 11) is 0. The molecule has 178 valence electrons. The predicted molar refractivity (Wildman–Crippen MR) is 120 cm³/mol.